The highest BCUT2D eigenvalue weighted by molar-refractivity contribution is 5.94. The molecule has 1 aromatic carbocycles. The molecule has 0 N–H and O–H groups in total. The van der Waals surface area contributed by atoms with Crippen LogP contribution in [0.3, 0.4) is 0 Å². The van der Waals surface area contributed by atoms with E-state index < -0.39 is 0 Å². The van der Waals surface area contributed by atoms with Gasteiger partial charge in [-0.15, -0.1) is 0 Å². The van der Waals surface area contributed by atoms with Crippen LogP contribution in [0.15, 0.2) is 18.2 Å². The largest absolute Gasteiger partial charge is 0.378 e. The van der Waals surface area contributed by atoms with Crippen LogP contribution >= 0.6 is 0 Å². The number of aryl methyl sites for hydroxylation is 1. The van der Waals surface area contributed by atoms with Gasteiger partial charge in [0.15, 0.2) is 0 Å². The number of hydrogen-bond acceptors (Lipinski definition) is 3. The number of rotatable bonds is 2. The maximum absolute atomic E-state index is 13.5. The molecule has 2 heterocycles. The van der Waals surface area contributed by atoms with Crippen LogP contribution in [0.1, 0.15) is 28.8 Å². The summed E-state index contributed by atoms with van der Waals surface area (Å²) in [5.41, 5.74) is 1.01. The Morgan fingerprint density at radius 2 is 1.92 bits per heavy atom. The molecule has 0 spiro atoms. The molecule has 2 aliphatic heterocycles. The zero-order valence-electron chi connectivity index (χ0n) is 15.1. The molecule has 6 heteroatoms. The third-order valence-electron chi connectivity index (χ3n) is 6.21. The van der Waals surface area contributed by atoms with Crippen LogP contribution in [0.5, 0.6) is 0 Å². The number of fused-ring (bicyclic) bond motifs is 1. The lowest BCUT2D eigenvalue weighted by Gasteiger charge is -2.51. The Morgan fingerprint density at radius 1 is 1.15 bits per heavy atom. The molecule has 0 bridgehead atoms. The van der Waals surface area contributed by atoms with Gasteiger partial charge >= 0.3 is 0 Å². The average molecular weight is 360 g/mol. The molecule has 1 aliphatic carbocycles. The third-order valence-corrected chi connectivity index (χ3v) is 6.21. The number of benzene rings is 1. The van der Waals surface area contributed by atoms with Gasteiger partial charge in [-0.3, -0.25) is 9.59 Å². The molecular weight excluding hydrogens is 335 g/mol. The fourth-order valence-electron chi connectivity index (χ4n) is 4.53. The molecule has 0 radical (unpaired) electrons. The van der Waals surface area contributed by atoms with E-state index in [1.54, 1.807) is 19.1 Å². The zero-order chi connectivity index (χ0) is 18.3. The Labute approximate surface area is 153 Å². The van der Waals surface area contributed by atoms with Gasteiger partial charge in [0, 0.05) is 37.7 Å². The van der Waals surface area contributed by atoms with Crippen molar-refractivity contribution in [3.8, 4) is 0 Å². The van der Waals surface area contributed by atoms with Crippen LogP contribution in [0.25, 0.3) is 0 Å². The summed E-state index contributed by atoms with van der Waals surface area (Å²) < 4.78 is 18.8. The first-order chi connectivity index (χ1) is 12.5. The Kier molecular flexibility index (Phi) is 4.69. The van der Waals surface area contributed by atoms with Crippen LogP contribution in [0, 0.1) is 30.5 Å². The molecule has 2 saturated heterocycles. The van der Waals surface area contributed by atoms with Gasteiger partial charge in [0.25, 0.3) is 5.91 Å². The molecule has 4 rings (SSSR count). The van der Waals surface area contributed by atoms with Crippen molar-refractivity contribution >= 4 is 11.8 Å². The molecule has 1 aromatic rings. The number of halogens is 1. The van der Waals surface area contributed by atoms with Crippen molar-refractivity contribution in [2.24, 2.45) is 17.8 Å². The number of carbonyl (C=O) groups is 2. The molecule has 0 aromatic heterocycles. The van der Waals surface area contributed by atoms with Gasteiger partial charge in [-0.25, -0.2) is 4.39 Å². The van der Waals surface area contributed by atoms with Crippen LogP contribution in [0.2, 0.25) is 0 Å². The highest BCUT2D eigenvalue weighted by Gasteiger charge is 2.49. The standard InChI is InChI=1S/C20H25FN2O3/c1-13-10-15(2-3-18(13)21)19(24)23-5-4-14-11-16(17(14)12-23)20(25)22-6-8-26-9-7-22/h2-3,10,14,16-17H,4-9,11-12H2,1H3/t14-,16-,17-/m1/s1. The molecule has 3 aliphatic rings. The average Bonchev–Trinajstić information content (AvgIpc) is 2.65. The fraction of sp³-hybridized carbons (Fsp3) is 0.600. The van der Waals surface area contributed by atoms with Crippen molar-refractivity contribution < 1.29 is 18.7 Å². The van der Waals surface area contributed by atoms with E-state index in [9.17, 15) is 14.0 Å². The summed E-state index contributed by atoms with van der Waals surface area (Å²) in [7, 11) is 0. The fourth-order valence-corrected chi connectivity index (χ4v) is 4.53. The van der Waals surface area contributed by atoms with Gasteiger partial charge in [-0.05, 0) is 55.4 Å². The minimum Gasteiger partial charge on any atom is -0.378 e. The van der Waals surface area contributed by atoms with Crippen molar-refractivity contribution in [3.63, 3.8) is 0 Å². The number of amides is 2. The molecular formula is C20H25FN2O3. The maximum Gasteiger partial charge on any atom is 0.253 e. The second-order valence-corrected chi connectivity index (χ2v) is 7.71. The lowest BCUT2D eigenvalue weighted by atomic mass is 9.61. The quantitative estimate of drug-likeness (QED) is 0.812. The number of ether oxygens (including phenoxy) is 1. The maximum atomic E-state index is 13.5. The van der Waals surface area contributed by atoms with E-state index >= 15 is 0 Å². The van der Waals surface area contributed by atoms with E-state index in [0.717, 1.165) is 19.4 Å². The second-order valence-electron chi connectivity index (χ2n) is 7.71. The molecule has 1 saturated carbocycles. The van der Waals surface area contributed by atoms with Crippen molar-refractivity contribution in [2.75, 3.05) is 39.4 Å². The number of morpholine rings is 1. The van der Waals surface area contributed by atoms with Gasteiger partial charge in [0.2, 0.25) is 5.91 Å². The summed E-state index contributed by atoms with van der Waals surface area (Å²) in [6, 6.07) is 4.51. The van der Waals surface area contributed by atoms with Gasteiger partial charge in [0.1, 0.15) is 5.82 Å². The van der Waals surface area contributed by atoms with Crippen LogP contribution < -0.4 is 0 Å². The third kappa shape index (κ3) is 3.11. The lowest BCUT2D eigenvalue weighted by Crippen LogP contribution is -2.57. The van der Waals surface area contributed by atoms with Crippen molar-refractivity contribution in [3.05, 3.63) is 35.1 Å². The molecule has 26 heavy (non-hydrogen) atoms. The molecule has 2 amide bonds. The van der Waals surface area contributed by atoms with Crippen LogP contribution in [-0.2, 0) is 9.53 Å². The Hall–Kier alpha value is -1.95. The number of carbonyl (C=O) groups excluding carboxylic acids is 2. The van der Waals surface area contributed by atoms with Gasteiger partial charge < -0.3 is 14.5 Å². The number of hydrogen-bond donors (Lipinski definition) is 0. The van der Waals surface area contributed by atoms with Crippen LogP contribution in [-0.4, -0.2) is 61.0 Å². The van der Waals surface area contributed by atoms with E-state index in [-0.39, 0.29) is 29.5 Å². The second kappa shape index (κ2) is 6.99. The lowest BCUT2D eigenvalue weighted by molar-refractivity contribution is -0.151. The van der Waals surface area contributed by atoms with E-state index in [4.69, 9.17) is 4.74 Å². The van der Waals surface area contributed by atoms with Gasteiger partial charge in [-0.2, -0.15) is 0 Å². The normalized spacial score (nSPS) is 28.3. The highest BCUT2D eigenvalue weighted by Crippen LogP contribution is 2.46. The Morgan fingerprint density at radius 3 is 2.65 bits per heavy atom. The van der Waals surface area contributed by atoms with Crippen molar-refractivity contribution in [1.82, 2.24) is 9.80 Å². The smallest absolute Gasteiger partial charge is 0.253 e. The molecule has 5 nitrogen and oxygen atoms in total. The zero-order valence-corrected chi connectivity index (χ0v) is 15.1. The predicted molar refractivity (Wildman–Crippen MR) is 94.1 cm³/mol. The first-order valence-corrected chi connectivity index (χ1v) is 9.46. The highest BCUT2D eigenvalue weighted by atomic mass is 19.1. The molecule has 3 atom stereocenters. The summed E-state index contributed by atoms with van der Waals surface area (Å²) >= 11 is 0. The minimum atomic E-state index is -0.296. The number of nitrogens with zero attached hydrogens (tertiary/aromatic N) is 2. The SMILES string of the molecule is Cc1cc(C(=O)N2CC[C@@H]3C[C@@H](C(=O)N4CCOCC4)[C@@H]3C2)ccc1F. The number of piperidine rings is 1. The number of likely N-dealkylation sites (tertiary alicyclic amines) is 1. The van der Waals surface area contributed by atoms with E-state index in [1.807, 2.05) is 9.80 Å². The minimum absolute atomic E-state index is 0.0312. The van der Waals surface area contributed by atoms with Gasteiger partial charge in [0.05, 0.1) is 13.2 Å². The Balaban J connectivity index is 1.42. The topological polar surface area (TPSA) is 49.9 Å². The van der Waals surface area contributed by atoms with Crippen molar-refractivity contribution in [2.45, 2.75) is 19.8 Å². The molecule has 140 valence electrons. The summed E-state index contributed by atoms with van der Waals surface area (Å²) in [5.74, 6) is 0.699. The predicted octanol–water partition coefficient (Wildman–Crippen LogP) is 2.09. The monoisotopic (exact) mass is 360 g/mol. The summed E-state index contributed by atoms with van der Waals surface area (Å²) in [6.45, 7) is 5.58. The first kappa shape index (κ1) is 17.5. The van der Waals surface area contributed by atoms with E-state index in [1.165, 1.54) is 6.07 Å². The summed E-state index contributed by atoms with van der Waals surface area (Å²) in [4.78, 5) is 29.3. The van der Waals surface area contributed by atoms with Crippen molar-refractivity contribution in [1.29, 1.82) is 0 Å². The molecule has 3 fully saturated rings. The molecule has 0 unspecified atom stereocenters. The summed E-state index contributed by atoms with van der Waals surface area (Å²) in [6.07, 6.45) is 1.89. The Bertz CT molecular complexity index is 717. The van der Waals surface area contributed by atoms with E-state index in [2.05, 4.69) is 0 Å². The van der Waals surface area contributed by atoms with Gasteiger partial charge in [-0.1, -0.05) is 0 Å². The summed E-state index contributed by atoms with van der Waals surface area (Å²) in [5, 5.41) is 0. The van der Waals surface area contributed by atoms with E-state index in [0.29, 0.717) is 49.9 Å². The van der Waals surface area contributed by atoms with Crippen LogP contribution in [0.4, 0.5) is 4.39 Å². The first-order valence-electron chi connectivity index (χ1n) is 9.46.